The summed E-state index contributed by atoms with van der Waals surface area (Å²) in [4.78, 5) is 0. The van der Waals surface area contributed by atoms with Gasteiger partial charge < -0.3 is 9.47 Å². The van der Waals surface area contributed by atoms with E-state index in [4.69, 9.17) is 9.47 Å². The zero-order valence-corrected chi connectivity index (χ0v) is 23.0. The predicted molar refractivity (Wildman–Crippen MR) is 151 cm³/mol. The lowest BCUT2D eigenvalue weighted by Gasteiger charge is -2.39. The number of hydrogen-bond donors (Lipinski definition) is 0. The van der Waals surface area contributed by atoms with E-state index in [1.54, 1.807) is 5.30 Å². The zero-order valence-electron chi connectivity index (χ0n) is 21.3. The average molecular weight is 503 g/mol. The second-order valence-corrected chi connectivity index (χ2v) is 12.6. The molecule has 0 bridgehead atoms. The van der Waals surface area contributed by atoms with E-state index in [2.05, 4.69) is 56.3 Å². The lowest BCUT2D eigenvalue weighted by Crippen LogP contribution is -2.27. The molecular weight excluding hydrogens is 459 g/mol. The monoisotopic (exact) mass is 502 g/mol. The maximum absolute atomic E-state index is 6.31. The van der Waals surface area contributed by atoms with Crippen LogP contribution in [-0.2, 0) is 0 Å². The minimum Gasteiger partial charge on any atom is -0.493 e. The molecule has 0 saturated heterocycles. The van der Waals surface area contributed by atoms with Gasteiger partial charge in [-0.1, -0.05) is 90.6 Å². The van der Waals surface area contributed by atoms with Crippen molar-refractivity contribution in [3.8, 4) is 22.6 Å². The largest absolute Gasteiger partial charge is 0.493 e. The number of rotatable bonds is 10. The Hall–Kier alpha value is -1.24. The third-order valence-electron chi connectivity index (χ3n) is 7.30. The topological polar surface area (TPSA) is 18.5 Å². The van der Waals surface area contributed by atoms with Gasteiger partial charge in [0.05, 0.1) is 18.8 Å². The third kappa shape index (κ3) is 6.70. The van der Waals surface area contributed by atoms with Crippen LogP contribution in [0.1, 0.15) is 90.9 Å². The normalized spacial score (nSPS) is 17.4. The molecule has 188 valence electrons. The lowest BCUT2D eigenvalue weighted by molar-refractivity contribution is 0.304. The SMILES string of the molecule is CCCOc1cccc(OCCC)c1-c1ccccc1P(C1CCCCC1)C1CCCCC1.Cl. The van der Waals surface area contributed by atoms with Crippen molar-refractivity contribution in [2.24, 2.45) is 0 Å². The molecule has 0 spiro atoms. The summed E-state index contributed by atoms with van der Waals surface area (Å²) in [6.45, 7) is 5.84. The van der Waals surface area contributed by atoms with Gasteiger partial charge in [0.1, 0.15) is 11.5 Å². The van der Waals surface area contributed by atoms with Gasteiger partial charge in [-0.15, -0.1) is 12.4 Å². The summed E-state index contributed by atoms with van der Waals surface area (Å²) in [6.07, 6.45) is 16.2. The van der Waals surface area contributed by atoms with Crippen LogP contribution in [0, 0.1) is 0 Å². The van der Waals surface area contributed by atoms with Gasteiger partial charge in [0.2, 0.25) is 0 Å². The fraction of sp³-hybridized carbons (Fsp3) is 0.600. The van der Waals surface area contributed by atoms with Crippen molar-refractivity contribution in [1.82, 2.24) is 0 Å². The van der Waals surface area contributed by atoms with Crippen LogP contribution >= 0.6 is 20.3 Å². The summed E-state index contributed by atoms with van der Waals surface area (Å²) in [5.74, 6) is 1.97. The van der Waals surface area contributed by atoms with E-state index in [1.165, 1.54) is 75.3 Å². The molecule has 34 heavy (non-hydrogen) atoms. The number of halogens is 1. The summed E-state index contributed by atoms with van der Waals surface area (Å²) in [6, 6.07) is 15.7. The van der Waals surface area contributed by atoms with E-state index < -0.39 is 0 Å². The Balaban J connectivity index is 0.00000324. The molecule has 2 aliphatic carbocycles. The van der Waals surface area contributed by atoms with Gasteiger partial charge in [0.25, 0.3) is 0 Å². The molecule has 0 heterocycles. The highest BCUT2D eigenvalue weighted by Crippen LogP contribution is 2.57. The van der Waals surface area contributed by atoms with Crippen molar-refractivity contribution in [2.45, 2.75) is 102 Å². The van der Waals surface area contributed by atoms with E-state index in [9.17, 15) is 0 Å². The molecule has 2 saturated carbocycles. The quantitative estimate of drug-likeness (QED) is 0.301. The van der Waals surface area contributed by atoms with Gasteiger partial charge in [-0.05, 0) is 72.8 Å². The first-order valence-corrected chi connectivity index (χ1v) is 15.1. The van der Waals surface area contributed by atoms with Crippen molar-refractivity contribution in [2.75, 3.05) is 13.2 Å². The second kappa shape index (κ2) is 14.4. The van der Waals surface area contributed by atoms with Crippen LogP contribution in [0.3, 0.4) is 0 Å². The van der Waals surface area contributed by atoms with Crippen LogP contribution in [0.25, 0.3) is 11.1 Å². The van der Waals surface area contributed by atoms with Crippen LogP contribution < -0.4 is 14.8 Å². The maximum atomic E-state index is 6.31. The number of ether oxygens (including phenoxy) is 2. The van der Waals surface area contributed by atoms with Gasteiger partial charge in [-0.2, -0.15) is 0 Å². The van der Waals surface area contributed by atoms with Crippen LogP contribution in [0.4, 0.5) is 0 Å². The molecule has 0 amide bonds. The lowest BCUT2D eigenvalue weighted by atomic mass is 9.99. The Kier molecular flexibility index (Phi) is 11.5. The van der Waals surface area contributed by atoms with Gasteiger partial charge in [-0.3, -0.25) is 0 Å². The minimum atomic E-state index is -0.198. The Morgan fingerprint density at radius 2 is 1.18 bits per heavy atom. The van der Waals surface area contributed by atoms with E-state index in [0.29, 0.717) is 0 Å². The Morgan fingerprint density at radius 3 is 1.68 bits per heavy atom. The fourth-order valence-electron chi connectivity index (χ4n) is 5.76. The second-order valence-electron chi connectivity index (χ2n) is 9.83. The summed E-state index contributed by atoms with van der Waals surface area (Å²) in [7, 11) is -0.198. The van der Waals surface area contributed by atoms with Crippen LogP contribution in [-0.4, -0.2) is 24.5 Å². The Bertz CT molecular complexity index is 814. The maximum Gasteiger partial charge on any atom is 0.130 e. The highest BCUT2D eigenvalue weighted by atomic mass is 35.5. The molecule has 0 radical (unpaired) electrons. The van der Waals surface area contributed by atoms with Crippen molar-refractivity contribution >= 4 is 25.6 Å². The van der Waals surface area contributed by atoms with Crippen molar-refractivity contribution in [1.29, 1.82) is 0 Å². The smallest absolute Gasteiger partial charge is 0.130 e. The van der Waals surface area contributed by atoms with Gasteiger partial charge in [0, 0.05) is 0 Å². The molecule has 0 aromatic heterocycles. The molecule has 0 atom stereocenters. The minimum absolute atomic E-state index is 0. The van der Waals surface area contributed by atoms with Crippen LogP contribution in [0.5, 0.6) is 11.5 Å². The Morgan fingerprint density at radius 1 is 0.676 bits per heavy atom. The molecule has 4 rings (SSSR count). The highest BCUT2D eigenvalue weighted by Gasteiger charge is 2.34. The van der Waals surface area contributed by atoms with Crippen molar-refractivity contribution in [3.63, 3.8) is 0 Å². The van der Waals surface area contributed by atoms with E-state index in [0.717, 1.165) is 48.9 Å². The standard InChI is InChI=1S/C30H43O2P.ClH/c1-3-22-31-27-19-13-20-28(32-23-4-2)30(27)26-18-11-12-21-29(26)33(24-14-7-5-8-15-24)25-16-9-6-10-17-25;/h11-13,18-21,24-25H,3-10,14-17,22-23H2,1-2H3;1H. The van der Waals surface area contributed by atoms with E-state index in [-0.39, 0.29) is 20.3 Å². The number of benzene rings is 2. The molecule has 0 unspecified atom stereocenters. The van der Waals surface area contributed by atoms with Gasteiger partial charge in [0.15, 0.2) is 0 Å². The average Bonchev–Trinajstić information content (AvgIpc) is 2.88. The van der Waals surface area contributed by atoms with Crippen molar-refractivity contribution < 1.29 is 9.47 Å². The summed E-state index contributed by atoms with van der Waals surface area (Å²) < 4.78 is 12.6. The van der Waals surface area contributed by atoms with E-state index in [1.807, 2.05) is 0 Å². The summed E-state index contributed by atoms with van der Waals surface area (Å²) >= 11 is 0. The predicted octanol–water partition coefficient (Wildman–Crippen LogP) is 9.13. The first-order chi connectivity index (χ1) is 16.3. The summed E-state index contributed by atoms with van der Waals surface area (Å²) in [5.41, 5.74) is 4.31. The molecule has 2 aromatic carbocycles. The molecule has 0 N–H and O–H groups in total. The van der Waals surface area contributed by atoms with Crippen molar-refractivity contribution in [3.05, 3.63) is 42.5 Å². The molecular formula is C30H44ClO2P. The zero-order chi connectivity index (χ0) is 22.9. The third-order valence-corrected chi connectivity index (χ3v) is 10.9. The van der Waals surface area contributed by atoms with Crippen LogP contribution in [0.2, 0.25) is 0 Å². The molecule has 2 aromatic rings. The molecule has 2 fully saturated rings. The molecule has 0 aliphatic heterocycles. The van der Waals surface area contributed by atoms with Gasteiger partial charge >= 0.3 is 0 Å². The Labute approximate surface area is 215 Å². The van der Waals surface area contributed by atoms with Gasteiger partial charge in [-0.25, -0.2) is 0 Å². The van der Waals surface area contributed by atoms with Crippen LogP contribution in [0.15, 0.2) is 42.5 Å². The summed E-state index contributed by atoms with van der Waals surface area (Å²) in [5, 5.41) is 1.61. The fourth-order valence-corrected chi connectivity index (χ4v) is 9.71. The first-order valence-electron chi connectivity index (χ1n) is 13.6. The number of hydrogen-bond acceptors (Lipinski definition) is 2. The first kappa shape index (κ1) is 27.3. The van der Waals surface area contributed by atoms with E-state index >= 15 is 0 Å². The molecule has 2 aliphatic rings. The highest BCUT2D eigenvalue weighted by molar-refractivity contribution is 7.67. The molecule has 2 nitrogen and oxygen atoms in total. The molecule has 4 heteroatoms.